The van der Waals surface area contributed by atoms with Crippen molar-refractivity contribution in [3.8, 4) is 0 Å². The van der Waals surface area contributed by atoms with Crippen molar-refractivity contribution in [2.24, 2.45) is 5.73 Å². The lowest BCUT2D eigenvalue weighted by atomic mass is 10.1. The van der Waals surface area contributed by atoms with Gasteiger partial charge in [0.25, 0.3) is 5.91 Å². The number of unbranched alkanes of at least 4 members (excludes halogenated alkanes) is 1. The molecule has 0 radical (unpaired) electrons. The van der Waals surface area contributed by atoms with E-state index in [9.17, 15) is 13.2 Å². The van der Waals surface area contributed by atoms with Crippen molar-refractivity contribution in [1.82, 2.24) is 9.62 Å². The van der Waals surface area contributed by atoms with Crippen LogP contribution >= 0.6 is 12.4 Å². The highest BCUT2D eigenvalue weighted by Gasteiger charge is 2.26. The predicted octanol–water partition coefficient (Wildman–Crippen LogP) is 2.06. The first kappa shape index (κ1) is 21.9. The van der Waals surface area contributed by atoms with Crippen molar-refractivity contribution in [2.75, 3.05) is 26.2 Å². The smallest absolute Gasteiger partial charge is 0.251 e. The largest absolute Gasteiger partial charge is 0.352 e. The lowest BCUT2D eigenvalue weighted by Gasteiger charge is -2.26. The standard InChI is InChI=1S/C17H27N3O3S.ClH/c1-14-7-8-15(24(22,23)20-11-5-2-6-12-20)13-16(14)17(21)19-10-4-3-9-18;/h7-8,13H,2-6,9-12,18H2,1H3,(H,19,21);1H. The Labute approximate surface area is 156 Å². The first-order valence-corrected chi connectivity index (χ1v) is 10.00. The number of piperidine rings is 1. The molecule has 0 aromatic heterocycles. The van der Waals surface area contributed by atoms with Crippen LogP contribution < -0.4 is 11.1 Å². The minimum absolute atomic E-state index is 0. The molecule has 3 N–H and O–H groups in total. The molecule has 1 aromatic carbocycles. The molecule has 25 heavy (non-hydrogen) atoms. The highest BCUT2D eigenvalue weighted by atomic mass is 35.5. The second kappa shape index (κ2) is 10.1. The van der Waals surface area contributed by atoms with Crippen molar-refractivity contribution in [2.45, 2.75) is 43.9 Å². The number of hydrogen-bond acceptors (Lipinski definition) is 4. The normalized spacial score (nSPS) is 15.4. The third-order valence-electron chi connectivity index (χ3n) is 4.32. The number of carbonyl (C=O) groups is 1. The number of benzene rings is 1. The summed E-state index contributed by atoms with van der Waals surface area (Å²) in [5.74, 6) is -0.236. The molecule has 0 aliphatic carbocycles. The molecule has 1 aliphatic rings. The Morgan fingerprint density at radius 2 is 1.88 bits per heavy atom. The first-order valence-electron chi connectivity index (χ1n) is 8.56. The Balaban J connectivity index is 0.00000312. The van der Waals surface area contributed by atoms with Gasteiger partial charge in [0.05, 0.1) is 4.90 Å². The number of amides is 1. The lowest BCUT2D eigenvalue weighted by Crippen LogP contribution is -2.35. The van der Waals surface area contributed by atoms with Crippen LogP contribution in [-0.4, -0.2) is 44.8 Å². The molecule has 2 rings (SSSR count). The van der Waals surface area contributed by atoms with E-state index in [0.29, 0.717) is 31.7 Å². The summed E-state index contributed by atoms with van der Waals surface area (Å²) < 4.78 is 27.0. The van der Waals surface area contributed by atoms with Crippen molar-refractivity contribution in [3.63, 3.8) is 0 Å². The van der Waals surface area contributed by atoms with Crippen molar-refractivity contribution < 1.29 is 13.2 Å². The monoisotopic (exact) mass is 389 g/mol. The quantitative estimate of drug-likeness (QED) is 0.698. The zero-order valence-corrected chi connectivity index (χ0v) is 16.3. The molecule has 0 unspecified atom stereocenters. The van der Waals surface area contributed by atoms with Crippen LogP contribution in [0.1, 0.15) is 48.0 Å². The zero-order chi connectivity index (χ0) is 17.6. The number of carbonyl (C=O) groups excluding carboxylic acids is 1. The van der Waals surface area contributed by atoms with Gasteiger partial charge < -0.3 is 11.1 Å². The van der Waals surface area contributed by atoms with E-state index < -0.39 is 10.0 Å². The number of nitrogens with two attached hydrogens (primary N) is 1. The van der Waals surface area contributed by atoms with Gasteiger partial charge in [-0.2, -0.15) is 4.31 Å². The summed E-state index contributed by atoms with van der Waals surface area (Å²) in [5, 5.41) is 2.83. The molecule has 1 heterocycles. The van der Waals surface area contributed by atoms with E-state index in [1.165, 1.54) is 10.4 Å². The van der Waals surface area contributed by atoms with Crippen LogP contribution in [0.25, 0.3) is 0 Å². The molecule has 1 amide bonds. The average Bonchev–Trinajstić information content (AvgIpc) is 2.59. The number of sulfonamides is 1. The fraction of sp³-hybridized carbons (Fsp3) is 0.588. The summed E-state index contributed by atoms with van der Waals surface area (Å²) >= 11 is 0. The maximum atomic E-state index is 12.8. The fourth-order valence-corrected chi connectivity index (χ4v) is 4.37. The molecular weight excluding hydrogens is 362 g/mol. The van der Waals surface area contributed by atoms with Gasteiger partial charge in [-0.3, -0.25) is 4.79 Å². The summed E-state index contributed by atoms with van der Waals surface area (Å²) in [7, 11) is -3.53. The van der Waals surface area contributed by atoms with Crippen LogP contribution in [0.3, 0.4) is 0 Å². The molecule has 0 bridgehead atoms. The maximum Gasteiger partial charge on any atom is 0.251 e. The maximum absolute atomic E-state index is 12.8. The molecule has 8 heteroatoms. The van der Waals surface area contributed by atoms with Gasteiger partial charge in [0.15, 0.2) is 0 Å². The van der Waals surface area contributed by atoms with Gasteiger partial charge in [0, 0.05) is 25.2 Å². The molecule has 0 atom stereocenters. The minimum Gasteiger partial charge on any atom is -0.352 e. The van der Waals surface area contributed by atoms with E-state index in [4.69, 9.17) is 5.73 Å². The van der Waals surface area contributed by atoms with Crippen LogP contribution in [0.2, 0.25) is 0 Å². The Bertz CT molecular complexity index is 674. The van der Waals surface area contributed by atoms with E-state index in [1.807, 2.05) is 6.92 Å². The summed E-state index contributed by atoms with van der Waals surface area (Å²) in [6.07, 6.45) is 4.51. The SMILES string of the molecule is Cc1ccc(S(=O)(=O)N2CCCCC2)cc1C(=O)NCCCCN.Cl. The van der Waals surface area contributed by atoms with Gasteiger partial charge >= 0.3 is 0 Å². The molecule has 1 saturated heterocycles. The predicted molar refractivity (Wildman–Crippen MR) is 102 cm³/mol. The topological polar surface area (TPSA) is 92.5 Å². The summed E-state index contributed by atoms with van der Waals surface area (Å²) in [6, 6.07) is 4.79. The molecule has 142 valence electrons. The van der Waals surface area contributed by atoms with Crippen molar-refractivity contribution in [1.29, 1.82) is 0 Å². The van der Waals surface area contributed by atoms with Gasteiger partial charge in [-0.05, 0) is 56.8 Å². The molecular formula is C17H28ClN3O3S. The summed E-state index contributed by atoms with van der Waals surface area (Å²) in [5.41, 5.74) is 6.62. The van der Waals surface area contributed by atoms with Crippen molar-refractivity contribution in [3.05, 3.63) is 29.3 Å². The van der Waals surface area contributed by atoms with Crippen LogP contribution in [0.4, 0.5) is 0 Å². The molecule has 0 saturated carbocycles. The average molecular weight is 390 g/mol. The van der Waals surface area contributed by atoms with E-state index in [2.05, 4.69) is 5.32 Å². The number of halogens is 1. The third-order valence-corrected chi connectivity index (χ3v) is 6.22. The van der Waals surface area contributed by atoms with Gasteiger partial charge in [-0.1, -0.05) is 12.5 Å². The fourth-order valence-electron chi connectivity index (χ4n) is 2.83. The Morgan fingerprint density at radius 3 is 2.52 bits per heavy atom. The summed E-state index contributed by atoms with van der Waals surface area (Å²) in [4.78, 5) is 12.5. The third kappa shape index (κ3) is 5.67. The van der Waals surface area contributed by atoms with Crippen LogP contribution in [0, 0.1) is 6.92 Å². The molecule has 1 aromatic rings. The minimum atomic E-state index is -3.53. The molecule has 6 nitrogen and oxygen atoms in total. The van der Waals surface area contributed by atoms with E-state index >= 15 is 0 Å². The lowest BCUT2D eigenvalue weighted by molar-refractivity contribution is 0.0952. The highest BCUT2D eigenvalue weighted by Crippen LogP contribution is 2.22. The van der Waals surface area contributed by atoms with Crippen LogP contribution in [0.5, 0.6) is 0 Å². The van der Waals surface area contributed by atoms with Gasteiger partial charge in [-0.15, -0.1) is 12.4 Å². The van der Waals surface area contributed by atoms with Gasteiger partial charge in [-0.25, -0.2) is 8.42 Å². The number of hydrogen-bond donors (Lipinski definition) is 2. The Morgan fingerprint density at radius 1 is 1.20 bits per heavy atom. The number of nitrogens with zero attached hydrogens (tertiary/aromatic N) is 1. The number of rotatable bonds is 7. The number of aryl methyl sites for hydroxylation is 1. The molecule has 1 aliphatic heterocycles. The second-order valence-corrected chi connectivity index (χ2v) is 8.13. The zero-order valence-electron chi connectivity index (χ0n) is 14.7. The number of nitrogens with one attached hydrogen (secondary N) is 1. The van der Waals surface area contributed by atoms with Crippen LogP contribution in [0.15, 0.2) is 23.1 Å². The second-order valence-electron chi connectivity index (χ2n) is 6.19. The van der Waals surface area contributed by atoms with Gasteiger partial charge in [0.1, 0.15) is 0 Å². The van der Waals surface area contributed by atoms with Crippen molar-refractivity contribution >= 4 is 28.3 Å². The first-order chi connectivity index (χ1) is 11.5. The Hall–Kier alpha value is -1.15. The van der Waals surface area contributed by atoms with E-state index in [-0.39, 0.29) is 23.2 Å². The Kier molecular flexibility index (Phi) is 8.85. The summed E-state index contributed by atoms with van der Waals surface area (Å²) in [6.45, 7) is 4.05. The molecule has 0 spiro atoms. The highest BCUT2D eigenvalue weighted by molar-refractivity contribution is 7.89. The van der Waals surface area contributed by atoms with E-state index in [0.717, 1.165) is 37.7 Å². The van der Waals surface area contributed by atoms with E-state index in [1.54, 1.807) is 12.1 Å². The van der Waals surface area contributed by atoms with Crippen LogP contribution in [-0.2, 0) is 10.0 Å². The molecule has 1 fully saturated rings. The van der Waals surface area contributed by atoms with Gasteiger partial charge in [0.2, 0.25) is 10.0 Å².